The molecule has 156 valence electrons. The van der Waals surface area contributed by atoms with Gasteiger partial charge in [-0.3, -0.25) is 14.4 Å². The summed E-state index contributed by atoms with van der Waals surface area (Å²) >= 11 is 0. The van der Waals surface area contributed by atoms with Crippen molar-refractivity contribution in [3.05, 3.63) is 42.0 Å². The zero-order valence-corrected chi connectivity index (χ0v) is 16.5. The summed E-state index contributed by atoms with van der Waals surface area (Å²) in [5, 5.41) is 20.1. The molecular formula is C21H25NO7. The lowest BCUT2D eigenvalue weighted by Gasteiger charge is -2.18. The molecule has 2 aromatic carbocycles. The molecule has 0 saturated carbocycles. The first-order chi connectivity index (χ1) is 13.8. The van der Waals surface area contributed by atoms with Crippen molar-refractivity contribution in [3.63, 3.8) is 0 Å². The molecule has 0 radical (unpaired) electrons. The Morgan fingerprint density at radius 2 is 1.79 bits per heavy atom. The van der Waals surface area contributed by atoms with E-state index >= 15 is 0 Å². The molecule has 2 aromatic rings. The largest absolute Gasteiger partial charge is 0.497 e. The second-order valence-corrected chi connectivity index (χ2v) is 6.60. The van der Waals surface area contributed by atoms with Crippen LogP contribution in [0.5, 0.6) is 5.75 Å². The maximum Gasteiger partial charge on any atom is 0.325 e. The van der Waals surface area contributed by atoms with E-state index in [4.69, 9.17) is 14.6 Å². The molecule has 1 atom stereocenters. The first kappa shape index (κ1) is 22.2. The molecular weight excluding hydrogens is 378 g/mol. The predicted octanol–water partition coefficient (Wildman–Crippen LogP) is 1.79. The van der Waals surface area contributed by atoms with Crippen molar-refractivity contribution in [2.45, 2.75) is 18.8 Å². The van der Waals surface area contributed by atoms with Gasteiger partial charge in [-0.2, -0.15) is 0 Å². The molecule has 0 spiro atoms. The number of aliphatic carboxylic acids is 1. The van der Waals surface area contributed by atoms with Crippen LogP contribution in [-0.2, 0) is 19.1 Å². The van der Waals surface area contributed by atoms with Crippen molar-refractivity contribution in [3.8, 4) is 5.75 Å². The summed E-state index contributed by atoms with van der Waals surface area (Å²) in [5.74, 6) is -2.14. The van der Waals surface area contributed by atoms with Crippen LogP contribution in [0.1, 0.15) is 24.3 Å². The van der Waals surface area contributed by atoms with E-state index in [2.05, 4.69) is 0 Å². The van der Waals surface area contributed by atoms with Gasteiger partial charge < -0.3 is 24.6 Å². The van der Waals surface area contributed by atoms with Crippen LogP contribution in [-0.4, -0.2) is 66.9 Å². The van der Waals surface area contributed by atoms with E-state index in [9.17, 15) is 19.5 Å². The summed E-state index contributed by atoms with van der Waals surface area (Å²) in [5.41, 5.74) is 0.605. The van der Waals surface area contributed by atoms with Gasteiger partial charge in [0.15, 0.2) is 0 Å². The molecule has 0 unspecified atom stereocenters. The standard InChI is InChI=1S/C21H25NO7/c1-22(13-20(25)29-10-9-23)19(24)8-7-18(21(26)27)16-4-3-15-12-17(28-2)6-5-14(15)11-16/h3-6,11-12,18,23H,7-10,13H2,1-2H3,(H,26,27)/t18-/m0/s1. The number of esters is 1. The number of hydrogen-bond acceptors (Lipinski definition) is 6. The third kappa shape index (κ3) is 6.18. The minimum atomic E-state index is -1.02. The van der Waals surface area contributed by atoms with Gasteiger partial charge >= 0.3 is 11.9 Å². The number of carbonyl (C=O) groups is 3. The quantitative estimate of drug-likeness (QED) is 0.582. The van der Waals surface area contributed by atoms with Gasteiger partial charge in [-0.25, -0.2) is 0 Å². The number of carbonyl (C=O) groups excluding carboxylic acids is 2. The lowest BCUT2D eigenvalue weighted by Crippen LogP contribution is -2.33. The molecule has 0 fully saturated rings. The fourth-order valence-electron chi connectivity index (χ4n) is 2.96. The van der Waals surface area contributed by atoms with Crippen molar-refractivity contribution in [2.24, 2.45) is 0 Å². The SMILES string of the molecule is COc1ccc2cc([C@H](CCC(=O)N(C)CC(=O)OCCO)C(=O)O)ccc2c1. The van der Waals surface area contributed by atoms with Crippen molar-refractivity contribution >= 4 is 28.6 Å². The number of fused-ring (bicyclic) bond motifs is 1. The topological polar surface area (TPSA) is 113 Å². The van der Waals surface area contributed by atoms with Gasteiger partial charge in [0.2, 0.25) is 5.91 Å². The number of carboxylic acid groups (broad SMARTS) is 1. The van der Waals surface area contributed by atoms with Crippen LogP contribution >= 0.6 is 0 Å². The Bertz CT molecular complexity index is 880. The lowest BCUT2D eigenvalue weighted by molar-refractivity contribution is -0.149. The van der Waals surface area contributed by atoms with E-state index in [-0.39, 0.29) is 38.5 Å². The molecule has 2 N–H and O–H groups in total. The third-order valence-corrected chi connectivity index (χ3v) is 4.57. The number of amides is 1. The first-order valence-corrected chi connectivity index (χ1v) is 9.16. The Balaban J connectivity index is 2.04. The maximum atomic E-state index is 12.3. The number of rotatable bonds is 10. The molecule has 0 aliphatic heterocycles. The first-order valence-electron chi connectivity index (χ1n) is 9.16. The smallest absolute Gasteiger partial charge is 0.325 e. The molecule has 0 saturated heterocycles. The normalized spacial score (nSPS) is 11.7. The molecule has 0 aliphatic carbocycles. The number of nitrogens with zero attached hydrogens (tertiary/aromatic N) is 1. The molecule has 29 heavy (non-hydrogen) atoms. The summed E-state index contributed by atoms with van der Waals surface area (Å²) in [6.45, 7) is -0.674. The van der Waals surface area contributed by atoms with Gasteiger partial charge in [-0.05, 0) is 34.9 Å². The Labute approximate surface area is 168 Å². The highest BCUT2D eigenvalue weighted by molar-refractivity contribution is 5.87. The number of aliphatic hydroxyl groups excluding tert-OH is 1. The molecule has 0 aliphatic rings. The average molecular weight is 403 g/mol. The lowest BCUT2D eigenvalue weighted by atomic mass is 9.92. The zero-order valence-electron chi connectivity index (χ0n) is 16.5. The molecule has 0 heterocycles. The van der Waals surface area contributed by atoms with Gasteiger partial charge in [-0.1, -0.05) is 24.3 Å². The van der Waals surface area contributed by atoms with Crippen LogP contribution in [0.25, 0.3) is 10.8 Å². The van der Waals surface area contributed by atoms with Gasteiger partial charge in [0.05, 0.1) is 19.6 Å². The maximum absolute atomic E-state index is 12.3. The monoisotopic (exact) mass is 403 g/mol. The van der Waals surface area contributed by atoms with Crippen LogP contribution in [0.2, 0.25) is 0 Å². The van der Waals surface area contributed by atoms with E-state index in [1.54, 1.807) is 25.3 Å². The van der Waals surface area contributed by atoms with Crippen LogP contribution in [0.3, 0.4) is 0 Å². The van der Waals surface area contributed by atoms with Crippen molar-refractivity contribution in [1.82, 2.24) is 4.90 Å². The number of carboxylic acids is 1. The Morgan fingerprint density at radius 1 is 1.10 bits per heavy atom. The second-order valence-electron chi connectivity index (χ2n) is 6.60. The number of hydrogen-bond donors (Lipinski definition) is 2. The minimum absolute atomic E-state index is 0.0264. The summed E-state index contributed by atoms with van der Waals surface area (Å²) < 4.78 is 9.91. The Hall–Kier alpha value is -3.13. The molecule has 8 heteroatoms. The van der Waals surface area contributed by atoms with Crippen molar-refractivity contribution in [2.75, 3.05) is 33.9 Å². The number of likely N-dealkylation sites (N-methyl/N-ethyl adjacent to an activating group) is 1. The van der Waals surface area contributed by atoms with E-state index in [1.807, 2.05) is 18.2 Å². The number of methoxy groups -OCH3 is 1. The molecule has 2 rings (SSSR count). The van der Waals surface area contributed by atoms with E-state index in [0.29, 0.717) is 11.3 Å². The summed E-state index contributed by atoms with van der Waals surface area (Å²) in [4.78, 5) is 36.7. The van der Waals surface area contributed by atoms with Crippen LogP contribution in [0, 0.1) is 0 Å². The van der Waals surface area contributed by atoms with Gasteiger partial charge in [-0.15, -0.1) is 0 Å². The summed E-state index contributed by atoms with van der Waals surface area (Å²) in [6, 6.07) is 10.9. The minimum Gasteiger partial charge on any atom is -0.497 e. The van der Waals surface area contributed by atoms with E-state index < -0.39 is 17.9 Å². The average Bonchev–Trinajstić information content (AvgIpc) is 2.71. The molecule has 0 aromatic heterocycles. The number of aliphatic hydroxyl groups is 1. The number of ether oxygens (including phenoxy) is 2. The Morgan fingerprint density at radius 3 is 2.45 bits per heavy atom. The summed E-state index contributed by atoms with van der Waals surface area (Å²) in [7, 11) is 3.03. The molecule has 0 bridgehead atoms. The van der Waals surface area contributed by atoms with Gasteiger partial charge in [0, 0.05) is 13.5 Å². The zero-order chi connectivity index (χ0) is 21.4. The molecule has 8 nitrogen and oxygen atoms in total. The van der Waals surface area contributed by atoms with Gasteiger partial charge in [0.25, 0.3) is 0 Å². The highest BCUT2D eigenvalue weighted by Crippen LogP contribution is 2.28. The van der Waals surface area contributed by atoms with Crippen LogP contribution in [0.15, 0.2) is 36.4 Å². The van der Waals surface area contributed by atoms with Gasteiger partial charge in [0.1, 0.15) is 18.9 Å². The third-order valence-electron chi connectivity index (χ3n) is 4.57. The summed E-state index contributed by atoms with van der Waals surface area (Å²) in [6.07, 6.45) is 0.0766. The predicted molar refractivity (Wildman–Crippen MR) is 106 cm³/mol. The second kappa shape index (κ2) is 10.4. The van der Waals surface area contributed by atoms with E-state index in [1.165, 1.54) is 11.9 Å². The van der Waals surface area contributed by atoms with Crippen molar-refractivity contribution in [1.29, 1.82) is 0 Å². The molecule has 1 amide bonds. The Kier molecular flexibility index (Phi) is 7.97. The fourth-order valence-corrected chi connectivity index (χ4v) is 2.96. The van der Waals surface area contributed by atoms with Crippen molar-refractivity contribution < 1.29 is 34.1 Å². The van der Waals surface area contributed by atoms with Crippen LogP contribution < -0.4 is 4.74 Å². The highest BCUT2D eigenvalue weighted by atomic mass is 16.5. The highest BCUT2D eigenvalue weighted by Gasteiger charge is 2.23. The van der Waals surface area contributed by atoms with E-state index in [0.717, 1.165) is 10.8 Å². The van der Waals surface area contributed by atoms with Crippen LogP contribution in [0.4, 0.5) is 0 Å². The number of benzene rings is 2. The fraction of sp³-hybridized carbons (Fsp3) is 0.381.